The lowest BCUT2D eigenvalue weighted by Gasteiger charge is -2.26. The molecule has 2 aromatic carbocycles. The van der Waals surface area contributed by atoms with E-state index in [0.717, 1.165) is 22.7 Å². The summed E-state index contributed by atoms with van der Waals surface area (Å²) in [7, 11) is -1.13. The molecular weight excluding hydrogens is 420 g/mol. The lowest BCUT2D eigenvalue weighted by Crippen LogP contribution is -2.43. The molecule has 1 heterocycles. The van der Waals surface area contributed by atoms with Crippen LogP contribution < -0.4 is 19.1 Å². The third kappa shape index (κ3) is 5.48. The Bertz CT molecular complexity index is 1000. The van der Waals surface area contributed by atoms with Crippen molar-refractivity contribution in [1.82, 2.24) is 5.32 Å². The monoisotopic (exact) mass is 448 g/mol. The highest BCUT2D eigenvalue weighted by Crippen LogP contribution is 2.35. The summed E-state index contributed by atoms with van der Waals surface area (Å²) in [5.41, 5.74) is 1.15. The van der Waals surface area contributed by atoms with E-state index in [4.69, 9.17) is 14.2 Å². The average Bonchev–Trinajstić information content (AvgIpc) is 3.29. The molecule has 0 radical (unpaired) electrons. The van der Waals surface area contributed by atoms with Crippen LogP contribution >= 0.6 is 0 Å². The van der Waals surface area contributed by atoms with Gasteiger partial charge in [-0.05, 0) is 44.0 Å². The second-order valence-electron chi connectivity index (χ2n) is 7.30. The first-order valence-corrected chi connectivity index (χ1v) is 11.5. The van der Waals surface area contributed by atoms with E-state index in [9.17, 15) is 13.2 Å². The van der Waals surface area contributed by atoms with E-state index in [1.54, 1.807) is 24.3 Å². The lowest BCUT2D eigenvalue weighted by atomic mass is 10.2. The Hall–Kier alpha value is -2.78. The lowest BCUT2D eigenvalue weighted by molar-refractivity contribution is -0.120. The van der Waals surface area contributed by atoms with Crippen LogP contribution in [0.2, 0.25) is 0 Å². The molecule has 3 rings (SSSR count). The number of hydrogen-bond donors (Lipinski definition) is 1. The van der Waals surface area contributed by atoms with Crippen molar-refractivity contribution >= 4 is 21.6 Å². The molecule has 2 aromatic rings. The number of rotatable bonds is 9. The van der Waals surface area contributed by atoms with E-state index < -0.39 is 22.5 Å². The fraction of sp³-hybridized carbons (Fsp3) is 0.409. The van der Waals surface area contributed by atoms with Crippen molar-refractivity contribution in [1.29, 1.82) is 0 Å². The molecule has 0 bridgehead atoms. The number of carbonyl (C=O) groups is 1. The van der Waals surface area contributed by atoms with Crippen LogP contribution in [0.3, 0.4) is 0 Å². The van der Waals surface area contributed by atoms with Gasteiger partial charge >= 0.3 is 0 Å². The molecule has 9 heteroatoms. The zero-order valence-corrected chi connectivity index (χ0v) is 18.8. The number of nitrogens with one attached hydrogen (secondary N) is 1. The van der Waals surface area contributed by atoms with Crippen molar-refractivity contribution in [2.75, 3.05) is 38.2 Å². The first-order chi connectivity index (χ1) is 14.8. The Morgan fingerprint density at radius 2 is 1.90 bits per heavy atom. The predicted molar refractivity (Wildman–Crippen MR) is 117 cm³/mol. The summed E-state index contributed by atoms with van der Waals surface area (Å²) in [5.74, 6) is 0.319. The summed E-state index contributed by atoms with van der Waals surface area (Å²) < 4.78 is 44.3. The third-order valence-corrected chi connectivity index (χ3v) is 6.88. The largest absolute Gasteiger partial charge is 0.497 e. The van der Waals surface area contributed by atoms with E-state index in [-0.39, 0.29) is 16.7 Å². The molecule has 31 heavy (non-hydrogen) atoms. The van der Waals surface area contributed by atoms with Gasteiger partial charge in [0.1, 0.15) is 18.0 Å². The second kappa shape index (κ2) is 10.0. The molecule has 1 N–H and O–H groups in total. The van der Waals surface area contributed by atoms with Crippen molar-refractivity contribution in [3.8, 4) is 11.5 Å². The molecule has 1 aliphatic heterocycles. The highest BCUT2D eigenvalue weighted by molar-refractivity contribution is 7.92. The zero-order chi connectivity index (χ0) is 22.4. The van der Waals surface area contributed by atoms with Gasteiger partial charge in [-0.15, -0.1) is 0 Å². The van der Waals surface area contributed by atoms with Crippen LogP contribution in [0, 0.1) is 6.92 Å². The Balaban J connectivity index is 1.95. The maximum Gasteiger partial charge on any atom is 0.264 e. The maximum atomic E-state index is 13.5. The van der Waals surface area contributed by atoms with Gasteiger partial charge in [-0.3, -0.25) is 9.10 Å². The van der Waals surface area contributed by atoms with Crippen LogP contribution in [0.1, 0.15) is 18.4 Å². The van der Waals surface area contributed by atoms with E-state index >= 15 is 0 Å². The third-order valence-electron chi connectivity index (χ3n) is 5.10. The molecule has 0 aliphatic carbocycles. The van der Waals surface area contributed by atoms with E-state index in [0.29, 0.717) is 24.7 Å². The Kier molecular flexibility index (Phi) is 7.40. The maximum absolute atomic E-state index is 13.5. The second-order valence-corrected chi connectivity index (χ2v) is 9.16. The van der Waals surface area contributed by atoms with E-state index in [1.807, 2.05) is 6.92 Å². The summed E-state index contributed by atoms with van der Waals surface area (Å²) in [6.45, 7) is 2.48. The number of anilines is 1. The first kappa shape index (κ1) is 22.9. The molecule has 1 amide bonds. The van der Waals surface area contributed by atoms with E-state index in [2.05, 4.69) is 5.32 Å². The number of nitrogens with zero attached hydrogens (tertiary/aromatic N) is 1. The van der Waals surface area contributed by atoms with Gasteiger partial charge in [0.05, 0.1) is 30.9 Å². The Morgan fingerprint density at radius 1 is 1.16 bits per heavy atom. The molecule has 1 fully saturated rings. The Labute approximate surface area is 183 Å². The van der Waals surface area contributed by atoms with Crippen molar-refractivity contribution in [2.45, 2.75) is 30.8 Å². The van der Waals surface area contributed by atoms with Gasteiger partial charge in [-0.2, -0.15) is 0 Å². The standard InChI is InChI=1S/C22H28N2O6S/c1-16-6-9-19(10-7-16)31(26,27)24(15-22(25)23-14-18-5-4-12-30-18)20-13-17(28-2)8-11-21(20)29-3/h6-11,13,18H,4-5,12,14-15H2,1-3H3,(H,23,25)/t18-/m0/s1. The van der Waals surface area contributed by atoms with Gasteiger partial charge in [-0.25, -0.2) is 8.42 Å². The highest BCUT2D eigenvalue weighted by atomic mass is 32.2. The van der Waals surface area contributed by atoms with Gasteiger partial charge in [0, 0.05) is 19.2 Å². The molecule has 0 aromatic heterocycles. The van der Waals surface area contributed by atoms with Gasteiger partial charge in [0.15, 0.2) is 0 Å². The topological polar surface area (TPSA) is 94.2 Å². The fourth-order valence-electron chi connectivity index (χ4n) is 3.35. The number of sulfonamides is 1. The first-order valence-electron chi connectivity index (χ1n) is 10.0. The van der Waals surface area contributed by atoms with Crippen LogP contribution in [-0.2, 0) is 19.6 Å². The number of aryl methyl sites for hydroxylation is 1. The van der Waals surface area contributed by atoms with Gasteiger partial charge in [-0.1, -0.05) is 17.7 Å². The minimum absolute atomic E-state index is 0.0440. The summed E-state index contributed by atoms with van der Waals surface area (Å²) in [5, 5.41) is 2.78. The number of hydrogen-bond acceptors (Lipinski definition) is 6. The molecule has 0 spiro atoms. The summed E-state index contributed by atoms with van der Waals surface area (Å²) in [6.07, 6.45) is 1.78. The van der Waals surface area contributed by atoms with Gasteiger partial charge < -0.3 is 19.5 Å². The minimum Gasteiger partial charge on any atom is -0.497 e. The molecule has 1 saturated heterocycles. The molecular formula is C22H28N2O6S. The van der Waals surface area contributed by atoms with Crippen LogP contribution in [-0.4, -0.2) is 54.3 Å². The molecule has 8 nitrogen and oxygen atoms in total. The number of ether oxygens (including phenoxy) is 3. The Morgan fingerprint density at radius 3 is 2.52 bits per heavy atom. The number of amides is 1. The molecule has 0 saturated carbocycles. The quantitative estimate of drug-likeness (QED) is 0.634. The van der Waals surface area contributed by atoms with Crippen molar-refractivity contribution in [3.63, 3.8) is 0 Å². The highest BCUT2D eigenvalue weighted by Gasteiger charge is 2.30. The minimum atomic E-state index is -4.06. The average molecular weight is 449 g/mol. The van der Waals surface area contributed by atoms with Gasteiger partial charge in [0.2, 0.25) is 5.91 Å². The molecule has 0 unspecified atom stereocenters. The predicted octanol–water partition coefficient (Wildman–Crippen LogP) is 2.50. The zero-order valence-electron chi connectivity index (χ0n) is 18.0. The summed E-state index contributed by atoms with van der Waals surface area (Å²) >= 11 is 0. The van der Waals surface area contributed by atoms with Gasteiger partial charge in [0.25, 0.3) is 10.0 Å². The number of carbonyl (C=O) groups excluding carboxylic acids is 1. The van der Waals surface area contributed by atoms with Crippen LogP contribution in [0.4, 0.5) is 5.69 Å². The van der Waals surface area contributed by atoms with Crippen LogP contribution in [0.5, 0.6) is 11.5 Å². The molecule has 1 aliphatic rings. The normalized spacial score (nSPS) is 16.0. The summed E-state index contributed by atoms with van der Waals surface area (Å²) in [4.78, 5) is 12.8. The molecule has 168 valence electrons. The van der Waals surface area contributed by atoms with Crippen molar-refractivity contribution < 1.29 is 27.4 Å². The summed E-state index contributed by atoms with van der Waals surface area (Å²) in [6, 6.07) is 11.3. The SMILES string of the molecule is COc1ccc(OC)c(N(CC(=O)NC[C@@H]2CCCO2)S(=O)(=O)c2ccc(C)cc2)c1. The smallest absolute Gasteiger partial charge is 0.264 e. The van der Waals surface area contributed by atoms with E-state index in [1.165, 1.54) is 32.4 Å². The number of methoxy groups -OCH3 is 2. The van der Waals surface area contributed by atoms with Crippen LogP contribution in [0.25, 0.3) is 0 Å². The number of benzene rings is 2. The van der Waals surface area contributed by atoms with Crippen molar-refractivity contribution in [2.24, 2.45) is 0 Å². The van der Waals surface area contributed by atoms with Crippen molar-refractivity contribution in [3.05, 3.63) is 48.0 Å². The fourth-order valence-corrected chi connectivity index (χ4v) is 4.77. The molecule has 1 atom stereocenters. The van der Waals surface area contributed by atoms with Crippen LogP contribution in [0.15, 0.2) is 47.4 Å².